The van der Waals surface area contributed by atoms with E-state index in [1.807, 2.05) is 6.92 Å². The van der Waals surface area contributed by atoms with E-state index < -0.39 is 0 Å². The number of nitrogens with two attached hydrogens (primary N) is 1. The first kappa shape index (κ1) is 11.9. The Bertz CT molecular complexity index is 437. The van der Waals surface area contributed by atoms with Crippen LogP contribution >= 0.6 is 0 Å². The topological polar surface area (TPSA) is 47.1 Å². The molecule has 2 heterocycles. The van der Waals surface area contributed by atoms with E-state index in [0.717, 1.165) is 29.0 Å². The summed E-state index contributed by atoms with van der Waals surface area (Å²) in [5.74, 6) is 2.94. The highest BCUT2D eigenvalue weighted by Crippen LogP contribution is 2.41. The number of rotatable bonds is 2. The van der Waals surface area contributed by atoms with Gasteiger partial charge >= 0.3 is 0 Å². The third-order valence-electron chi connectivity index (χ3n) is 4.62. The molecule has 2 N–H and O–H groups in total. The van der Waals surface area contributed by atoms with Gasteiger partial charge < -0.3 is 10.6 Å². The number of aryl methyl sites for hydroxylation is 1. The van der Waals surface area contributed by atoms with E-state index in [1.54, 1.807) is 0 Å². The lowest BCUT2D eigenvalue weighted by atomic mass is 10.0. The summed E-state index contributed by atoms with van der Waals surface area (Å²) in [5, 5.41) is 4.60. The van der Waals surface area contributed by atoms with Gasteiger partial charge in [0.25, 0.3) is 0 Å². The van der Waals surface area contributed by atoms with E-state index in [-0.39, 0.29) is 0 Å². The Labute approximate surface area is 109 Å². The Hall–Kier alpha value is -1.19. The smallest absolute Gasteiger partial charge is 0.150 e. The van der Waals surface area contributed by atoms with Crippen molar-refractivity contribution >= 4 is 11.5 Å². The zero-order valence-electron chi connectivity index (χ0n) is 11.7. The number of anilines is 2. The first-order chi connectivity index (χ1) is 8.58. The molecule has 4 heteroatoms. The fourth-order valence-electron chi connectivity index (χ4n) is 3.63. The maximum atomic E-state index is 6.25. The van der Waals surface area contributed by atoms with Crippen molar-refractivity contribution in [2.24, 2.45) is 11.8 Å². The lowest BCUT2D eigenvalue weighted by molar-refractivity contribution is 0.494. The molecule has 1 saturated carbocycles. The van der Waals surface area contributed by atoms with Gasteiger partial charge in [0, 0.05) is 19.1 Å². The number of nitrogens with zero attached hydrogens (tertiary/aromatic N) is 3. The number of nitrogen functional groups attached to an aromatic ring is 1. The zero-order chi connectivity index (χ0) is 12.9. The summed E-state index contributed by atoms with van der Waals surface area (Å²) < 4.78 is 2.10. The van der Waals surface area contributed by atoms with Crippen molar-refractivity contribution in [3.63, 3.8) is 0 Å². The fraction of sp³-hybridized carbons (Fsp3) is 0.786. The Morgan fingerprint density at radius 1 is 1.22 bits per heavy atom. The first-order valence-corrected chi connectivity index (χ1v) is 7.17. The van der Waals surface area contributed by atoms with Crippen LogP contribution in [0.25, 0.3) is 0 Å². The van der Waals surface area contributed by atoms with Crippen LogP contribution in [0.2, 0.25) is 0 Å². The Morgan fingerprint density at radius 3 is 2.39 bits per heavy atom. The van der Waals surface area contributed by atoms with Crippen LogP contribution in [0, 0.1) is 18.8 Å². The molecule has 0 radical (unpaired) electrons. The van der Waals surface area contributed by atoms with E-state index in [9.17, 15) is 0 Å². The predicted octanol–water partition coefficient (Wildman–Crippen LogP) is 2.59. The van der Waals surface area contributed by atoms with E-state index in [2.05, 4.69) is 28.5 Å². The molecule has 0 bridgehead atoms. The van der Waals surface area contributed by atoms with Crippen LogP contribution in [0.15, 0.2) is 0 Å². The second-order valence-electron chi connectivity index (χ2n) is 6.22. The SMILES string of the molecule is Cc1nn(C(C)C)c(N2CC3CCCC3C2)c1N. The summed E-state index contributed by atoms with van der Waals surface area (Å²) in [6, 6.07) is 0.372. The maximum absolute atomic E-state index is 6.25. The Kier molecular flexibility index (Phi) is 2.76. The van der Waals surface area contributed by atoms with Gasteiger partial charge in [0.15, 0.2) is 5.82 Å². The average Bonchev–Trinajstić information content (AvgIpc) is 2.93. The van der Waals surface area contributed by atoms with Crippen molar-refractivity contribution in [1.82, 2.24) is 9.78 Å². The molecule has 4 nitrogen and oxygen atoms in total. The summed E-state index contributed by atoms with van der Waals surface area (Å²) in [5.41, 5.74) is 8.09. The van der Waals surface area contributed by atoms with Gasteiger partial charge in [-0.15, -0.1) is 0 Å². The molecule has 1 aliphatic carbocycles. The molecular weight excluding hydrogens is 224 g/mol. The predicted molar refractivity (Wildman–Crippen MR) is 74.8 cm³/mol. The van der Waals surface area contributed by atoms with Crippen LogP contribution in [-0.4, -0.2) is 22.9 Å². The Morgan fingerprint density at radius 2 is 1.83 bits per heavy atom. The highest BCUT2D eigenvalue weighted by molar-refractivity contribution is 5.67. The summed E-state index contributed by atoms with van der Waals surface area (Å²) >= 11 is 0. The summed E-state index contributed by atoms with van der Waals surface area (Å²) in [6.45, 7) is 8.70. The standard InChI is InChI=1S/C14H24N4/c1-9(2)18-14(13(15)10(3)16-18)17-7-11-5-4-6-12(11)8-17/h9,11-12H,4-8,15H2,1-3H3. The van der Waals surface area contributed by atoms with Gasteiger partial charge in [0.1, 0.15) is 0 Å². The summed E-state index contributed by atoms with van der Waals surface area (Å²) in [6.07, 6.45) is 4.22. The Balaban J connectivity index is 1.92. The number of fused-ring (bicyclic) bond motifs is 1. The van der Waals surface area contributed by atoms with Crippen molar-refractivity contribution in [3.8, 4) is 0 Å². The third-order valence-corrected chi connectivity index (χ3v) is 4.62. The van der Waals surface area contributed by atoms with Crippen LogP contribution in [0.4, 0.5) is 11.5 Å². The second kappa shape index (κ2) is 4.18. The minimum Gasteiger partial charge on any atom is -0.394 e. The van der Waals surface area contributed by atoms with Crippen molar-refractivity contribution in [3.05, 3.63) is 5.69 Å². The van der Waals surface area contributed by atoms with Gasteiger partial charge in [-0.25, -0.2) is 4.68 Å². The average molecular weight is 248 g/mol. The highest BCUT2D eigenvalue weighted by Gasteiger charge is 2.38. The molecule has 1 saturated heterocycles. The van der Waals surface area contributed by atoms with Gasteiger partial charge in [0.2, 0.25) is 0 Å². The molecule has 2 atom stereocenters. The van der Waals surface area contributed by atoms with Crippen molar-refractivity contribution in [1.29, 1.82) is 0 Å². The van der Waals surface area contributed by atoms with Gasteiger partial charge in [-0.2, -0.15) is 5.10 Å². The second-order valence-corrected chi connectivity index (χ2v) is 6.22. The molecule has 1 aromatic rings. The van der Waals surface area contributed by atoms with Crippen LogP contribution < -0.4 is 10.6 Å². The third kappa shape index (κ3) is 1.70. The fourth-order valence-corrected chi connectivity index (χ4v) is 3.63. The molecule has 1 aromatic heterocycles. The van der Waals surface area contributed by atoms with Gasteiger partial charge in [-0.1, -0.05) is 6.42 Å². The van der Waals surface area contributed by atoms with E-state index in [4.69, 9.17) is 5.73 Å². The normalized spacial score (nSPS) is 27.2. The molecule has 0 aromatic carbocycles. The zero-order valence-corrected chi connectivity index (χ0v) is 11.7. The van der Waals surface area contributed by atoms with E-state index in [0.29, 0.717) is 6.04 Å². The van der Waals surface area contributed by atoms with Crippen molar-refractivity contribution < 1.29 is 0 Å². The number of hydrogen-bond donors (Lipinski definition) is 1. The first-order valence-electron chi connectivity index (χ1n) is 7.17. The number of hydrogen-bond acceptors (Lipinski definition) is 3. The molecule has 2 unspecified atom stereocenters. The quantitative estimate of drug-likeness (QED) is 0.875. The largest absolute Gasteiger partial charge is 0.394 e. The molecule has 3 rings (SSSR count). The van der Waals surface area contributed by atoms with Gasteiger partial charge in [0.05, 0.1) is 11.4 Å². The molecule has 2 fully saturated rings. The van der Waals surface area contributed by atoms with Gasteiger partial charge in [-0.3, -0.25) is 0 Å². The molecule has 2 aliphatic rings. The monoisotopic (exact) mass is 248 g/mol. The minimum atomic E-state index is 0.372. The van der Waals surface area contributed by atoms with Crippen molar-refractivity contribution in [2.45, 2.75) is 46.1 Å². The lowest BCUT2D eigenvalue weighted by Crippen LogP contribution is -2.25. The van der Waals surface area contributed by atoms with Crippen LogP contribution in [0.5, 0.6) is 0 Å². The van der Waals surface area contributed by atoms with E-state index in [1.165, 1.54) is 32.4 Å². The maximum Gasteiger partial charge on any atom is 0.150 e. The number of aromatic nitrogens is 2. The van der Waals surface area contributed by atoms with Crippen molar-refractivity contribution in [2.75, 3.05) is 23.7 Å². The molecular formula is C14H24N4. The summed E-state index contributed by atoms with van der Waals surface area (Å²) in [7, 11) is 0. The van der Waals surface area contributed by atoms with E-state index >= 15 is 0 Å². The molecule has 0 amide bonds. The van der Waals surface area contributed by atoms with Crippen LogP contribution in [-0.2, 0) is 0 Å². The van der Waals surface area contributed by atoms with Crippen LogP contribution in [0.1, 0.15) is 44.8 Å². The highest BCUT2D eigenvalue weighted by atomic mass is 15.4. The molecule has 18 heavy (non-hydrogen) atoms. The lowest BCUT2D eigenvalue weighted by Gasteiger charge is -2.23. The molecule has 1 aliphatic heterocycles. The van der Waals surface area contributed by atoms with Crippen LogP contribution in [0.3, 0.4) is 0 Å². The molecule has 0 spiro atoms. The van der Waals surface area contributed by atoms with Gasteiger partial charge in [-0.05, 0) is 45.4 Å². The minimum absolute atomic E-state index is 0.372. The summed E-state index contributed by atoms with van der Waals surface area (Å²) in [4.78, 5) is 2.48. The molecule has 100 valence electrons.